The number of nitrogens with zero attached hydrogens (tertiary/aromatic N) is 4. The van der Waals surface area contributed by atoms with E-state index in [2.05, 4.69) is 329 Å². The first-order valence-corrected chi connectivity index (χ1v) is 31.8. The van der Waals surface area contributed by atoms with Crippen LogP contribution in [0, 0.1) is 0 Å². The average molecular weight is 1160 g/mol. The van der Waals surface area contributed by atoms with Crippen LogP contribution >= 0.6 is 0 Å². The van der Waals surface area contributed by atoms with E-state index < -0.39 is 0 Å². The Hall–Kier alpha value is -9.20. The Balaban J connectivity index is 1.10. The summed E-state index contributed by atoms with van der Waals surface area (Å²) in [7, 11) is 0. The molecule has 10 aromatic carbocycles. The largest absolute Gasteiger partial charge is 0.456 e. The van der Waals surface area contributed by atoms with Crippen molar-refractivity contribution in [3.63, 3.8) is 0 Å². The van der Waals surface area contributed by atoms with Crippen LogP contribution in [0.25, 0.3) is 60.6 Å². The highest BCUT2D eigenvalue weighted by molar-refractivity contribution is 7.00. The molecule has 2 aliphatic heterocycles. The summed E-state index contributed by atoms with van der Waals surface area (Å²) in [5.74, 6) is 0. The fourth-order valence-corrected chi connectivity index (χ4v) is 14.2. The van der Waals surface area contributed by atoms with Crippen molar-refractivity contribution in [1.82, 2.24) is 4.57 Å². The lowest BCUT2D eigenvalue weighted by Gasteiger charge is -2.42. The summed E-state index contributed by atoms with van der Waals surface area (Å²) in [5, 5.41) is 5.59. The van der Waals surface area contributed by atoms with Gasteiger partial charge in [-0.3, -0.25) is 4.57 Å². The molecule has 5 heterocycles. The molecule has 15 rings (SSSR count). The molecule has 6 nitrogen and oxygen atoms in total. The molecule has 7 heteroatoms. The lowest BCUT2D eigenvalue weighted by Crippen LogP contribution is -2.60. The van der Waals surface area contributed by atoms with Gasteiger partial charge in [-0.15, -0.1) is 0 Å². The summed E-state index contributed by atoms with van der Waals surface area (Å²) in [6.45, 7) is 34.4. The molecule has 0 N–H and O–H groups in total. The Bertz CT molecular complexity index is 4850. The first kappa shape index (κ1) is 56.3. The van der Waals surface area contributed by atoms with Crippen LogP contribution in [0.3, 0.4) is 0 Å². The molecule has 0 spiro atoms. The topological polar surface area (TPSA) is 40.9 Å². The minimum absolute atomic E-state index is 0.0139. The van der Waals surface area contributed by atoms with Crippen LogP contribution < -0.4 is 31.1 Å². The van der Waals surface area contributed by atoms with Crippen molar-refractivity contribution in [2.75, 3.05) is 14.7 Å². The number of furan rings is 2. The zero-order valence-electron chi connectivity index (χ0n) is 54.3. The molecule has 0 atom stereocenters. The van der Waals surface area contributed by atoms with Crippen molar-refractivity contribution in [1.29, 1.82) is 0 Å². The number of aromatic nitrogens is 1. The van der Waals surface area contributed by atoms with Crippen LogP contribution in [0.5, 0.6) is 0 Å². The monoisotopic (exact) mass is 1160 g/mol. The van der Waals surface area contributed by atoms with Gasteiger partial charge in [0.2, 0.25) is 5.71 Å². The lowest BCUT2D eigenvalue weighted by molar-refractivity contribution is 0.590. The maximum Gasteiger partial charge on any atom is 0.252 e. The highest BCUT2D eigenvalue weighted by Crippen LogP contribution is 2.51. The number of anilines is 9. The molecule has 442 valence electrons. The van der Waals surface area contributed by atoms with Crippen LogP contribution in [0.1, 0.15) is 132 Å². The van der Waals surface area contributed by atoms with Crippen LogP contribution in [0.2, 0.25) is 0 Å². The second-order valence-electron chi connectivity index (χ2n) is 30.3. The predicted octanol–water partition coefficient (Wildman–Crippen LogP) is 21.5. The second-order valence-corrected chi connectivity index (χ2v) is 30.3. The fourth-order valence-electron chi connectivity index (χ4n) is 14.2. The van der Waals surface area contributed by atoms with Crippen LogP contribution in [-0.4, -0.2) is 11.3 Å². The van der Waals surface area contributed by atoms with E-state index in [1.165, 1.54) is 55.1 Å². The lowest BCUT2D eigenvalue weighted by atomic mass is 9.33. The second kappa shape index (κ2) is 19.7. The van der Waals surface area contributed by atoms with Gasteiger partial charge in [-0.25, -0.2) is 0 Å². The maximum atomic E-state index is 7.29. The van der Waals surface area contributed by atoms with Gasteiger partial charge in [0, 0.05) is 61.7 Å². The molecule has 0 amide bonds. The van der Waals surface area contributed by atoms with Crippen molar-refractivity contribution < 1.29 is 8.83 Å². The summed E-state index contributed by atoms with van der Waals surface area (Å²) in [6, 6.07) is 78.0. The van der Waals surface area contributed by atoms with E-state index in [-0.39, 0.29) is 33.8 Å². The normalized spacial score (nSPS) is 13.5. The minimum atomic E-state index is -0.187. The van der Waals surface area contributed by atoms with E-state index in [0.29, 0.717) is 0 Å². The molecule has 0 saturated carbocycles. The number of para-hydroxylation sites is 2. The summed E-state index contributed by atoms with van der Waals surface area (Å²) in [6.07, 6.45) is 0. The van der Waals surface area contributed by atoms with E-state index in [9.17, 15) is 0 Å². The predicted molar refractivity (Wildman–Crippen MR) is 380 cm³/mol. The van der Waals surface area contributed by atoms with E-state index in [0.717, 1.165) is 101 Å². The van der Waals surface area contributed by atoms with Gasteiger partial charge >= 0.3 is 0 Å². The molecule has 0 saturated heterocycles. The Kier molecular flexibility index (Phi) is 12.4. The molecule has 0 fully saturated rings. The van der Waals surface area contributed by atoms with Crippen molar-refractivity contribution in [2.24, 2.45) is 0 Å². The third-order valence-corrected chi connectivity index (χ3v) is 19.2. The van der Waals surface area contributed by atoms with Crippen molar-refractivity contribution >= 4 is 129 Å². The van der Waals surface area contributed by atoms with Gasteiger partial charge in [0.05, 0.1) is 27.7 Å². The van der Waals surface area contributed by atoms with Crippen molar-refractivity contribution in [3.8, 4) is 5.69 Å². The van der Waals surface area contributed by atoms with Crippen molar-refractivity contribution in [2.45, 2.75) is 131 Å². The summed E-state index contributed by atoms with van der Waals surface area (Å²) in [5.41, 5.74) is 25.2. The van der Waals surface area contributed by atoms with Gasteiger partial charge in [-0.2, -0.15) is 0 Å². The van der Waals surface area contributed by atoms with Crippen LogP contribution in [0.4, 0.5) is 51.2 Å². The zero-order valence-corrected chi connectivity index (χ0v) is 54.3. The Morgan fingerprint density at radius 3 is 1.25 bits per heavy atom. The first-order valence-electron chi connectivity index (χ1n) is 31.8. The van der Waals surface area contributed by atoms with E-state index >= 15 is 0 Å². The van der Waals surface area contributed by atoms with Gasteiger partial charge in [0.1, 0.15) is 16.7 Å². The Morgan fingerprint density at radius 1 is 0.315 bits per heavy atom. The molecule has 0 unspecified atom stereocenters. The van der Waals surface area contributed by atoms with Crippen LogP contribution in [0.15, 0.2) is 215 Å². The van der Waals surface area contributed by atoms with E-state index in [1.807, 2.05) is 0 Å². The highest BCUT2D eigenvalue weighted by Gasteiger charge is 2.45. The third-order valence-electron chi connectivity index (χ3n) is 19.2. The van der Waals surface area contributed by atoms with Gasteiger partial charge in [-0.05, 0) is 174 Å². The highest BCUT2D eigenvalue weighted by atomic mass is 16.3. The zero-order chi connectivity index (χ0) is 62.0. The van der Waals surface area contributed by atoms with Gasteiger partial charge in [0.25, 0.3) is 6.71 Å². The molecule has 0 bridgehead atoms. The van der Waals surface area contributed by atoms with Gasteiger partial charge in [-0.1, -0.05) is 207 Å². The molecule has 89 heavy (non-hydrogen) atoms. The van der Waals surface area contributed by atoms with Gasteiger partial charge in [0.15, 0.2) is 0 Å². The number of benzene rings is 10. The minimum Gasteiger partial charge on any atom is -0.456 e. The Labute approximate surface area is 525 Å². The van der Waals surface area contributed by atoms with E-state index in [1.54, 1.807) is 0 Å². The van der Waals surface area contributed by atoms with E-state index in [4.69, 9.17) is 8.83 Å². The Morgan fingerprint density at radius 2 is 0.742 bits per heavy atom. The molecule has 13 aromatic rings. The number of fused-ring (bicyclic) bond motifs is 12. The first-order chi connectivity index (χ1) is 42.3. The van der Waals surface area contributed by atoms with Crippen molar-refractivity contribution in [3.05, 3.63) is 234 Å². The molecular formula is C82H79BN4O2. The third kappa shape index (κ3) is 9.12. The molecule has 0 aliphatic carbocycles. The molecular weight excluding hydrogens is 1080 g/mol. The number of rotatable bonds is 7. The summed E-state index contributed by atoms with van der Waals surface area (Å²) >= 11 is 0. The summed E-state index contributed by atoms with van der Waals surface area (Å²) < 4.78 is 16.6. The van der Waals surface area contributed by atoms with Gasteiger partial charge < -0.3 is 23.5 Å². The molecule has 0 radical (unpaired) electrons. The number of hydrogen-bond donors (Lipinski definition) is 0. The maximum absolute atomic E-state index is 7.29. The SMILES string of the molecule is CC(C)(C)c1ccc(N(c2ccc(C(C)(C)C)cc2)c2ccc3c(c2)N(c2cccc4oc5ccccc5c24)c2cc(N(c4ccc(C(C)(C)C)cc4)c4ccc(C(C)(C)C)cc4)cc4c2B3c2cc(C(C)(C)C)cc3c5c6ccccc6oc5n-4c23)cc1. The van der Waals surface area contributed by atoms with Crippen LogP contribution in [-0.2, 0) is 27.1 Å². The quantitative estimate of drug-likeness (QED) is 0.149. The summed E-state index contributed by atoms with van der Waals surface area (Å²) in [4.78, 5) is 7.52. The smallest absolute Gasteiger partial charge is 0.252 e. The molecule has 3 aromatic heterocycles. The average Bonchev–Trinajstić information content (AvgIpc) is 1.65. The fraction of sp³-hybridized carbons (Fsp3) is 0.244. The number of hydrogen-bond acceptors (Lipinski definition) is 5. The molecule has 2 aliphatic rings. The standard InChI is InChI=1S/C82H79BN4O2/c1-78(2,3)50-27-35-55(36-28-50)84(56-37-29-51(30-38-56)79(4,5)6)59-43-44-64-67(47-59)86(66-23-20-26-72-74(66)62-22-17-18-24-70(62)88-72)68-48-60(85(57-39-31-52(32-40-57)80(7,8)9)58-41-33-53(34-42-58)81(10,11)12)49-69-75(68)83(64)65-46-54(82(13,14)15)45-63-73-61-21-16-19-25-71(61)89-77(73)87(69)76(63)65/h16-49H,1-15H3.